The van der Waals surface area contributed by atoms with Gasteiger partial charge >= 0.3 is 0 Å². The van der Waals surface area contributed by atoms with Gasteiger partial charge in [0, 0.05) is 5.69 Å². The smallest absolute Gasteiger partial charge is 0.241 e. The van der Waals surface area contributed by atoms with Crippen LogP contribution in [0.5, 0.6) is 0 Å². The van der Waals surface area contributed by atoms with Gasteiger partial charge < -0.3 is 11.1 Å². The lowest BCUT2D eigenvalue weighted by Gasteiger charge is -2.25. The third-order valence-electron chi connectivity index (χ3n) is 2.67. The Balaban J connectivity index is 2.82. The van der Waals surface area contributed by atoms with E-state index in [1.54, 1.807) is 0 Å². The van der Waals surface area contributed by atoms with Crippen LogP contribution in [0.25, 0.3) is 0 Å². The monoisotopic (exact) mass is 285 g/mol. The standard InChI is InChI=1S/C12H19N3O3S/c1-12(2,3)10(13)11(16)15-8-4-6-9(7-5-8)19(14,17)18/h4-7,10H,13H2,1-3H3,(H,15,16)(H2,14,17,18). The second kappa shape index (κ2) is 5.28. The van der Waals surface area contributed by atoms with Crippen LogP contribution in [0.3, 0.4) is 0 Å². The van der Waals surface area contributed by atoms with E-state index in [0.717, 1.165) is 0 Å². The molecule has 7 heteroatoms. The highest BCUT2D eigenvalue weighted by Gasteiger charge is 2.27. The van der Waals surface area contributed by atoms with Gasteiger partial charge in [0.1, 0.15) is 0 Å². The van der Waals surface area contributed by atoms with Gasteiger partial charge in [-0.05, 0) is 29.7 Å². The van der Waals surface area contributed by atoms with Crippen LogP contribution in [-0.2, 0) is 14.8 Å². The molecule has 0 radical (unpaired) electrons. The van der Waals surface area contributed by atoms with E-state index in [4.69, 9.17) is 10.9 Å². The van der Waals surface area contributed by atoms with E-state index in [9.17, 15) is 13.2 Å². The average molecular weight is 285 g/mol. The lowest BCUT2D eigenvalue weighted by Crippen LogP contribution is -2.45. The predicted molar refractivity (Wildman–Crippen MR) is 73.9 cm³/mol. The summed E-state index contributed by atoms with van der Waals surface area (Å²) in [5.41, 5.74) is 5.93. The summed E-state index contributed by atoms with van der Waals surface area (Å²) in [6, 6.07) is 4.92. The zero-order valence-electron chi connectivity index (χ0n) is 11.2. The predicted octanol–water partition coefficient (Wildman–Crippen LogP) is 0.646. The third-order valence-corrected chi connectivity index (χ3v) is 3.60. The molecule has 0 aliphatic carbocycles. The number of anilines is 1. The molecule has 0 aliphatic heterocycles. The van der Waals surface area contributed by atoms with Gasteiger partial charge in [-0.1, -0.05) is 20.8 Å². The molecule has 1 rings (SSSR count). The maximum Gasteiger partial charge on any atom is 0.241 e. The molecule has 6 nitrogen and oxygen atoms in total. The minimum absolute atomic E-state index is 0.00869. The second-order valence-electron chi connectivity index (χ2n) is 5.40. The fourth-order valence-electron chi connectivity index (χ4n) is 1.34. The van der Waals surface area contributed by atoms with Crippen molar-refractivity contribution in [2.45, 2.75) is 31.7 Å². The zero-order valence-corrected chi connectivity index (χ0v) is 12.0. The fourth-order valence-corrected chi connectivity index (χ4v) is 1.86. The summed E-state index contributed by atoms with van der Waals surface area (Å²) >= 11 is 0. The van der Waals surface area contributed by atoms with Crippen LogP contribution in [0, 0.1) is 5.41 Å². The van der Waals surface area contributed by atoms with Gasteiger partial charge in [0.15, 0.2) is 0 Å². The quantitative estimate of drug-likeness (QED) is 0.756. The Labute approximate surface area is 113 Å². The third kappa shape index (κ3) is 4.30. The van der Waals surface area contributed by atoms with Crippen molar-refractivity contribution < 1.29 is 13.2 Å². The number of benzene rings is 1. The van der Waals surface area contributed by atoms with Gasteiger partial charge in [0.05, 0.1) is 10.9 Å². The van der Waals surface area contributed by atoms with Crippen LogP contribution in [0.4, 0.5) is 5.69 Å². The largest absolute Gasteiger partial charge is 0.325 e. The molecule has 0 spiro atoms. The van der Waals surface area contributed by atoms with Crippen molar-refractivity contribution in [1.82, 2.24) is 0 Å². The van der Waals surface area contributed by atoms with Crippen molar-refractivity contribution in [2.24, 2.45) is 16.3 Å². The molecule has 0 fully saturated rings. The number of hydrogen-bond acceptors (Lipinski definition) is 4. The SMILES string of the molecule is CC(C)(C)C(N)C(=O)Nc1ccc(S(N)(=O)=O)cc1. The first-order valence-corrected chi connectivity index (χ1v) is 7.26. The van der Waals surface area contributed by atoms with Crippen molar-refractivity contribution in [3.63, 3.8) is 0 Å². The number of carbonyl (C=O) groups is 1. The highest BCUT2D eigenvalue weighted by molar-refractivity contribution is 7.89. The molecular formula is C12H19N3O3S. The zero-order chi connectivity index (χ0) is 14.8. The van der Waals surface area contributed by atoms with Gasteiger partial charge in [0.25, 0.3) is 0 Å². The first-order valence-electron chi connectivity index (χ1n) is 5.71. The maximum atomic E-state index is 11.9. The van der Waals surface area contributed by atoms with E-state index in [1.165, 1.54) is 24.3 Å². The normalized spacial score (nSPS) is 13.9. The first-order chi connectivity index (χ1) is 8.51. The van der Waals surface area contributed by atoms with Gasteiger partial charge in [0.2, 0.25) is 15.9 Å². The van der Waals surface area contributed by atoms with Gasteiger partial charge in [-0.2, -0.15) is 0 Å². The van der Waals surface area contributed by atoms with E-state index >= 15 is 0 Å². The van der Waals surface area contributed by atoms with Crippen LogP contribution < -0.4 is 16.2 Å². The van der Waals surface area contributed by atoms with Crippen LogP contribution in [0.1, 0.15) is 20.8 Å². The molecule has 1 atom stereocenters. The number of nitrogens with two attached hydrogens (primary N) is 2. The van der Waals surface area contributed by atoms with E-state index in [2.05, 4.69) is 5.32 Å². The molecule has 0 saturated heterocycles. The van der Waals surface area contributed by atoms with E-state index < -0.39 is 16.1 Å². The molecular weight excluding hydrogens is 266 g/mol. The summed E-state index contributed by atoms with van der Waals surface area (Å²) in [5.74, 6) is -0.323. The second-order valence-corrected chi connectivity index (χ2v) is 6.96. The molecule has 0 saturated carbocycles. The van der Waals surface area contributed by atoms with Crippen molar-refractivity contribution in [3.05, 3.63) is 24.3 Å². The van der Waals surface area contributed by atoms with Crippen LogP contribution in [0.2, 0.25) is 0 Å². The van der Waals surface area contributed by atoms with Gasteiger partial charge in [-0.25, -0.2) is 13.6 Å². The number of nitrogens with one attached hydrogen (secondary N) is 1. The fraction of sp³-hybridized carbons (Fsp3) is 0.417. The number of sulfonamides is 1. The number of hydrogen-bond donors (Lipinski definition) is 3. The summed E-state index contributed by atoms with van der Waals surface area (Å²) < 4.78 is 22.2. The van der Waals surface area contributed by atoms with Gasteiger partial charge in [-0.3, -0.25) is 4.79 Å². The molecule has 5 N–H and O–H groups in total. The number of primary sulfonamides is 1. The molecule has 1 aromatic rings. The molecule has 106 valence electrons. The molecule has 1 unspecified atom stereocenters. The summed E-state index contributed by atoms with van der Waals surface area (Å²) in [6.07, 6.45) is 0. The highest BCUT2D eigenvalue weighted by atomic mass is 32.2. The molecule has 0 aliphatic rings. The summed E-state index contributed by atoms with van der Waals surface area (Å²) in [5, 5.41) is 7.61. The Bertz CT molecular complexity index is 559. The minimum Gasteiger partial charge on any atom is -0.325 e. The van der Waals surface area contributed by atoms with E-state index in [0.29, 0.717) is 5.69 Å². The highest BCUT2D eigenvalue weighted by Crippen LogP contribution is 2.19. The lowest BCUT2D eigenvalue weighted by molar-refractivity contribution is -0.119. The number of amides is 1. The van der Waals surface area contributed by atoms with Crippen molar-refractivity contribution in [2.75, 3.05) is 5.32 Å². The van der Waals surface area contributed by atoms with Crippen molar-refractivity contribution in [3.8, 4) is 0 Å². The summed E-state index contributed by atoms with van der Waals surface area (Å²) in [7, 11) is -3.73. The minimum atomic E-state index is -3.73. The Morgan fingerprint density at radius 2 is 1.68 bits per heavy atom. The Hall–Kier alpha value is -1.44. The Morgan fingerprint density at radius 1 is 1.21 bits per heavy atom. The van der Waals surface area contributed by atoms with Crippen molar-refractivity contribution >= 4 is 21.6 Å². The average Bonchev–Trinajstić information content (AvgIpc) is 2.26. The molecule has 1 aromatic carbocycles. The van der Waals surface area contributed by atoms with E-state index in [1.807, 2.05) is 20.8 Å². The lowest BCUT2D eigenvalue weighted by atomic mass is 9.87. The first kappa shape index (κ1) is 15.6. The van der Waals surface area contributed by atoms with Crippen molar-refractivity contribution in [1.29, 1.82) is 0 Å². The Morgan fingerprint density at radius 3 is 2.05 bits per heavy atom. The van der Waals surface area contributed by atoms with E-state index in [-0.39, 0.29) is 16.2 Å². The maximum absolute atomic E-state index is 11.9. The topological polar surface area (TPSA) is 115 Å². The molecule has 0 aromatic heterocycles. The molecule has 19 heavy (non-hydrogen) atoms. The Kier molecular flexibility index (Phi) is 4.34. The summed E-state index contributed by atoms with van der Waals surface area (Å²) in [4.78, 5) is 11.9. The molecule has 0 bridgehead atoms. The van der Waals surface area contributed by atoms with Crippen LogP contribution in [-0.4, -0.2) is 20.4 Å². The summed E-state index contributed by atoms with van der Waals surface area (Å²) in [6.45, 7) is 5.59. The van der Waals surface area contributed by atoms with Gasteiger partial charge in [-0.15, -0.1) is 0 Å². The number of carbonyl (C=O) groups excluding carboxylic acids is 1. The molecule has 0 heterocycles. The number of rotatable bonds is 3. The van der Waals surface area contributed by atoms with Crippen LogP contribution >= 0.6 is 0 Å². The van der Waals surface area contributed by atoms with Crippen LogP contribution in [0.15, 0.2) is 29.2 Å². The molecule has 1 amide bonds.